The van der Waals surface area contributed by atoms with Crippen molar-refractivity contribution in [2.24, 2.45) is 5.73 Å². The van der Waals surface area contributed by atoms with Gasteiger partial charge in [-0.25, -0.2) is 4.98 Å². The first kappa shape index (κ1) is 8.92. The van der Waals surface area contributed by atoms with Crippen molar-refractivity contribution < 1.29 is 4.42 Å². The summed E-state index contributed by atoms with van der Waals surface area (Å²) in [4.78, 5) is 4.47. The Balaban J connectivity index is 2.11. The highest BCUT2D eigenvalue weighted by Gasteiger charge is 2.35. The topological polar surface area (TPSA) is 52.0 Å². The van der Waals surface area contributed by atoms with Crippen molar-refractivity contribution in [3.8, 4) is 0 Å². The van der Waals surface area contributed by atoms with Crippen LogP contribution in [0.2, 0.25) is 0 Å². The Kier molecular flexibility index (Phi) is 1.83. The number of oxazole rings is 1. The van der Waals surface area contributed by atoms with Crippen LogP contribution < -0.4 is 5.73 Å². The van der Waals surface area contributed by atoms with Crippen molar-refractivity contribution in [2.45, 2.75) is 31.2 Å². The third kappa shape index (κ3) is 1.35. The van der Waals surface area contributed by atoms with Crippen LogP contribution in [0.3, 0.4) is 0 Å². The lowest BCUT2D eigenvalue weighted by Gasteiger charge is -2.18. The molecule has 1 fully saturated rings. The summed E-state index contributed by atoms with van der Waals surface area (Å²) in [5.41, 5.74) is 7.71. The molecule has 3 heteroatoms. The van der Waals surface area contributed by atoms with E-state index in [1.54, 1.807) is 0 Å². The predicted molar refractivity (Wildman–Crippen MR) is 58.3 cm³/mol. The maximum absolute atomic E-state index is 6.29. The van der Waals surface area contributed by atoms with Gasteiger partial charge < -0.3 is 10.2 Å². The van der Waals surface area contributed by atoms with Crippen molar-refractivity contribution in [1.82, 2.24) is 4.98 Å². The van der Waals surface area contributed by atoms with Crippen LogP contribution in [0.15, 0.2) is 28.7 Å². The van der Waals surface area contributed by atoms with Gasteiger partial charge in [0, 0.05) is 0 Å². The molecule has 0 radical (unpaired) electrons. The molecule has 0 bridgehead atoms. The molecule has 3 nitrogen and oxygen atoms in total. The van der Waals surface area contributed by atoms with E-state index >= 15 is 0 Å². The van der Waals surface area contributed by atoms with Crippen LogP contribution in [0.5, 0.6) is 0 Å². The second-order valence-electron chi connectivity index (χ2n) is 4.35. The van der Waals surface area contributed by atoms with E-state index in [9.17, 15) is 0 Å². The lowest BCUT2D eigenvalue weighted by Crippen LogP contribution is -2.33. The molecule has 3 rings (SSSR count). The molecule has 1 aromatic carbocycles. The van der Waals surface area contributed by atoms with Crippen LogP contribution in [0, 0.1) is 0 Å². The molecule has 0 spiro atoms. The number of aromatic nitrogens is 1. The average Bonchev–Trinajstić information content (AvgIpc) is 2.84. The van der Waals surface area contributed by atoms with Gasteiger partial charge in [-0.3, -0.25) is 0 Å². The number of hydrogen-bond donors (Lipinski definition) is 1. The third-order valence-corrected chi connectivity index (χ3v) is 3.22. The van der Waals surface area contributed by atoms with Crippen LogP contribution in [-0.4, -0.2) is 4.98 Å². The van der Waals surface area contributed by atoms with Crippen molar-refractivity contribution >= 4 is 11.1 Å². The van der Waals surface area contributed by atoms with E-state index in [1.165, 1.54) is 12.8 Å². The second-order valence-corrected chi connectivity index (χ2v) is 4.35. The largest absolute Gasteiger partial charge is 0.439 e. The van der Waals surface area contributed by atoms with E-state index < -0.39 is 0 Å². The number of nitrogens with zero attached hydrogens (tertiary/aromatic N) is 1. The number of fused-ring (bicyclic) bond motifs is 1. The van der Waals surface area contributed by atoms with Crippen LogP contribution >= 0.6 is 0 Å². The molecule has 1 aromatic heterocycles. The number of benzene rings is 1. The number of nitrogens with two attached hydrogens (primary N) is 1. The number of hydrogen-bond acceptors (Lipinski definition) is 3. The van der Waals surface area contributed by atoms with Gasteiger partial charge in [-0.15, -0.1) is 0 Å². The molecule has 0 unspecified atom stereocenters. The zero-order chi connectivity index (χ0) is 10.3. The summed E-state index contributed by atoms with van der Waals surface area (Å²) in [6.07, 6.45) is 4.32. The molecule has 1 aliphatic carbocycles. The summed E-state index contributed by atoms with van der Waals surface area (Å²) < 4.78 is 5.72. The molecule has 0 atom stereocenters. The molecule has 1 aliphatic rings. The fourth-order valence-electron chi connectivity index (χ4n) is 2.30. The van der Waals surface area contributed by atoms with E-state index in [0.717, 1.165) is 23.9 Å². The molecule has 0 aliphatic heterocycles. The smallest absolute Gasteiger partial charge is 0.215 e. The molecular formula is C12H14N2O. The minimum Gasteiger partial charge on any atom is -0.439 e. The van der Waals surface area contributed by atoms with Gasteiger partial charge >= 0.3 is 0 Å². The Labute approximate surface area is 88.3 Å². The highest BCUT2D eigenvalue weighted by Crippen LogP contribution is 2.36. The van der Waals surface area contributed by atoms with Crippen molar-refractivity contribution in [1.29, 1.82) is 0 Å². The van der Waals surface area contributed by atoms with Gasteiger partial charge in [-0.1, -0.05) is 25.0 Å². The van der Waals surface area contributed by atoms with Gasteiger partial charge in [-0.2, -0.15) is 0 Å². The predicted octanol–water partition coefficient (Wildman–Crippen LogP) is 2.56. The maximum Gasteiger partial charge on any atom is 0.215 e. The fourth-order valence-corrected chi connectivity index (χ4v) is 2.30. The normalized spacial score (nSPS) is 19.8. The van der Waals surface area contributed by atoms with E-state index in [1.807, 2.05) is 24.3 Å². The van der Waals surface area contributed by atoms with E-state index in [-0.39, 0.29) is 5.54 Å². The van der Waals surface area contributed by atoms with Crippen LogP contribution in [0.1, 0.15) is 31.6 Å². The number of rotatable bonds is 1. The average molecular weight is 202 g/mol. The Hall–Kier alpha value is -1.35. The zero-order valence-electron chi connectivity index (χ0n) is 8.57. The minimum atomic E-state index is -0.320. The Bertz CT molecular complexity index is 450. The summed E-state index contributed by atoms with van der Waals surface area (Å²) in [5.74, 6) is 0.709. The SMILES string of the molecule is NC1(c2nc3ccccc3o2)CCCC1. The van der Waals surface area contributed by atoms with Crippen molar-refractivity contribution in [3.63, 3.8) is 0 Å². The number of para-hydroxylation sites is 2. The first-order chi connectivity index (χ1) is 7.28. The van der Waals surface area contributed by atoms with Gasteiger partial charge in [0.25, 0.3) is 0 Å². The summed E-state index contributed by atoms with van der Waals surface area (Å²) in [6.45, 7) is 0. The quantitative estimate of drug-likeness (QED) is 0.773. The molecular weight excluding hydrogens is 188 g/mol. The molecule has 78 valence electrons. The summed E-state index contributed by atoms with van der Waals surface area (Å²) >= 11 is 0. The molecule has 2 aromatic rings. The van der Waals surface area contributed by atoms with Crippen LogP contribution in [0.4, 0.5) is 0 Å². The molecule has 0 amide bonds. The van der Waals surface area contributed by atoms with Crippen molar-refractivity contribution in [3.05, 3.63) is 30.2 Å². The second kappa shape index (κ2) is 3.07. The monoisotopic (exact) mass is 202 g/mol. The highest BCUT2D eigenvalue weighted by atomic mass is 16.4. The first-order valence-corrected chi connectivity index (χ1v) is 5.43. The van der Waals surface area contributed by atoms with Gasteiger partial charge in [0.1, 0.15) is 5.52 Å². The third-order valence-electron chi connectivity index (χ3n) is 3.22. The van der Waals surface area contributed by atoms with Gasteiger partial charge in [0.15, 0.2) is 5.58 Å². The summed E-state index contributed by atoms with van der Waals surface area (Å²) in [5, 5.41) is 0. The van der Waals surface area contributed by atoms with Crippen LogP contribution in [-0.2, 0) is 5.54 Å². The highest BCUT2D eigenvalue weighted by molar-refractivity contribution is 5.72. The Morgan fingerprint density at radius 2 is 1.93 bits per heavy atom. The van der Waals surface area contributed by atoms with Gasteiger partial charge in [0.05, 0.1) is 5.54 Å². The lowest BCUT2D eigenvalue weighted by atomic mass is 10.00. The molecule has 0 saturated heterocycles. The van der Waals surface area contributed by atoms with Gasteiger partial charge in [-0.05, 0) is 25.0 Å². The molecule has 15 heavy (non-hydrogen) atoms. The van der Waals surface area contributed by atoms with Crippen molar-refractivity contribution in [2.75, 3.05) is 0 Å². The zero-order valence-corrected chi connectivity index (χ0v) is 8.57. The fraction of sp³-hybridized carbons (Fsp3) is 0.417. The minimum absolute atomic E-state index is 0.320. The summed E-state index contributed by atoms with van der Waals surface area (Å²) in [7, 11) is 0. The standard InChI is InChI=1S/C12H14N2O/c13-12(7-3-4-8-12)11-14-9-5-1-2-6-10(9)15-11/h1-2,5-6H,3-4,7-8,13H2. The lowest BCUT2D eigenvalue weighted by molar-refractivity contribution is 0.346. The maximum atomic E-state index is 6.29. The van der Waals surface area contributed by atoms with Crippen LogP contribution in [0.25, 0.3) is 11.1 Å². The Morgan fingerprint density at radius 3 is 2.67 bits per heavy atom. The summed E-state index contributed by atoms with van der Waals surface area (Å²) in [6, 6.07) is 7.81. The Morgan fingerprint density at radius 1 is 1.20 bits per heavy atom. The molecule has 1 saturated carbocycles. The van der Waals surface area contributed by atoms with Gasteiger partial charge in [0.2, 0.25) is 5.89 Å². The molecule has 2 N–H and O–H groups in total. The molecule has 1 heterocycles. The van der Waals surface area contributed by atoms with E-state index in [0.29, 0.717) is 5.89 Å². The van der Waals surface area contributed by atoms with E-state index in [4.69, 9.17) is 10.2 Å². The first-order valence-electron chi connectivity index (χ1n) is 5.43. The van der Waals surface area contributed by atoms with E-state index in [2.05, 4.69) is 4.98 Å².